The van der Waals surface area contributed by atoms with E-state index in [2.05, 4.69) is 49.8 Å². The SMILES string of the molecule is C=CCN1C(=O)C(C(C)C)NC12CCN(C(=S)NC(C)C)CC2. The van der Waals surface area contributed by atoms with E-state index in [4.69, 9.17) is 12.2 Å². The van der Waals surface area contributed by atoms with E-state index in [1.165, 1.54) is 0 Å². The van der Waals surface area contributed by atoms with Gasteiger partial charge in [-0.25, -0.2) is 0 Å². The van der Waals surface area contributed by atoms with Gasteiger partial charge in [-0.3, -0.25) is 10.1 Å². The molecule has 1 atom stereocenters. The van der Waals surface area contributed by atoms with Crippen molar-refractivity contribution in [2.45, 2.75) is 58.3 Å². The van der Waals surface area contributed by atoms with E-state index < -0.39 is 0 Å². The van der Waals surface area contributed by atoms with Crippen molar-refractivity contribution in [3.8, 4) is 0 Å². The van der Waals surface area contributed by atoms with Crippen molar-refractivity contribution in [2.75, 3.05) is 19.6 Å². The number of hydrogen-bond acceptors (Lipinski definition) is 3. The largest absolute Gasteiger partial charge is 0.360 e. The lowest BCUT2D eigenvalue weighted by atomic mass is 9.95. The molecule has 0 aromatic rings. The van der Waals surface area contributed by atoms with Gasteiger partial charge < -0.3 is 15.1 Å². The summed E-state index contributed by atoms with van der Waals surface area (Å²) in [6, 6.07) is 0.245. The first-order chi connectivity index (χ1) is 10.8. The van der Waals surface area contributed by atoms with E-state index in [0.29, 0.717) is 12.6 Å². The van der Waals surface area contributed by atoms with Gasteiger partial charge in [-0.15, -0.1) is 6.58 Å². The van der Waals surface area contributed by atoms with Gasteiger partial charge in [-0.05, 0) is 32.0 Å². The molecule has 2 aliphatic heterocycles. The van der Waals surface area contributed by atoms with Crippen LogP contribution in [0.15, 0.2) is 12.7 Å². The van der Waals surface area contributed by atoms with Crippen LogP contribution in [-0.4, -0.2) is 58.2 Å². The number of nitrogens with zero attached hydrogens (tertiary/aromatic N) is 2. The van der Waals surface area contributed by atoms with Gasteiger partial charge in [0.25, 0.3) is 0 Å². The lowest BCUT2D eigenvalue weighted by Gasteiger charge is -2.45. The van der Waals surface area contributed by atoms with E-state index >= 15 is 0 Å². The maximum atomic E-state index is 12.7. The van der Waals surface area contributed by atoms with Crippen molar-refractivity contribution >= 4 is 23.2 Å². The van der Waals surface area contributed by atoms with Crippen LogP contribution in [0.1, 0.15) is 40.5 Å². The summed E-state index contributed by atoms with van der Waals surface area (Å²) in [5.74, 6) is 0.493. The molecule has 2 fully saturated rings. The lowest BCUT2D eigenvalue weighted by molar-refractivity contribution is -0.133. The Hall–Kier alpha value is -1.14. The molecular formula is C17H30N4OS. The summed E-state index contributed by atoms with van der Waals surface area (Å²) < 4.78 is 0. The number of nitrogens with one attached hydrogen (secondary N) is 2. The van der Waals surface area contributed by atoms with Crippen molar-refractivity contribution in [3.05, 3.63) is 12.7 Å². The molecule has 130 valence electrons. The highest BCUT2D eigenvalue weighted by Crippen LogP contribution is 2.34. The van der Waals surface area contributed by atoms with Gasteiger partial charge >= 0.3 is 0 Å². The van der Waals surface area contributed by atoms with Gasteiger partial charge in [0.05, 0.1) is 11.7 Å². The average molecular weight is 339 g/mol. The Morgan fingerprint density at radius 2 is 2.04 bits per heavy atom. The van der Waals surface area contributed by atoms with Crippen molar-refractivity contribution < 1.29 is 4.79 Å². The lowest BCUT2D eigenvalue weighted by Crippen LogP contribution is -2.60. The Balaban J connectivity index is 2.09. The molecule has 2 saturated heterocycles. The third-order valence-corrected chi connectivity index (χ3v) is 5.12. The fourth-order valence-corrected chi connectivity index (χ4v) is 3.90. The number of thiocarbonyl (C=S) groups is 1. The molecule has 0 saturated carbocycles. The zero-order valence-corrected chi connectivity index (χ0v) is 15.6. The monoisotopic (exact) mass is 338 g/mol. The van der Waals surface area contributed by atoms with E-state index in [1.54, 1.807) is 0 Å². The number of likely N-dealkylation sites (tertiary alicyclic amines) is 1. The number of amides is 1. The van der Waals surface area contributed by atoms with Crippen LogP contribution in [0.5, 0.6) is 0 Å². The highest BCUT2D eigenvalue weighted by Gasteiger charge is 2.51. The molecule has 0 radical (unpaired) electrons. The number of hydrogen-bond donors (Lipinski definition) is 2. The smallest absolute Gasteiger partial charge is 0.241 e. The summed E-state index contributed by atoms with van der Waals surface area (Å²) in [5, 5.41) is 7.75. The molecule has 1 spiro atoms. The summed E-state index contributed by atoms with van der Waals surface area (Å²) in [6.45, 7) is 14.5. The third-order valence-electron chi connectivity index (χ3n) is 4.74. The van der Waals surface area contributed by atoms with Crippen molar-refractivity contribution in [1.82, 2.24) is 20.4 Å². The van der Waals surface area contributed by atoms with Gasteiger partial charge in [0.2, 0.25) is 5.91 Å². The second-order valence-corrected chi connectivity index (χ2v) is 7.61. The van der Waals surface area contributed by atoms with Crippen molar-refractivity contribution in [2.24, 2.45) is 5.92 Å². The summed E-state index contributed by atoms with van der Waals surface area (Å²) in [5.41, 5.74) is -0.246. The van der Waals surface area contributed by atoms with Gasteiger partial charge in [-0.1, -0.05) is 19.9 Å². The standard InChI is InChI=1S/C17H30N4OS/c1-6-9-21-15(22)14(12(2)3)19-17(21)7-10-20(11-8-17)16(23)18-13(4)5/h6,12-14,19H,1,7-11H2,2-5H3,(H,18,23). The van der Waals surface area contributed by atoms with Crippen molar-refractivity contribution in [3.63, 3.8) is 0 Å². The highest BCUT2D eigenvalue weighted by molar-refractivity contribution is 7.80. The molecule has 0 bridgehead atoms. The number of carbonyl (C=O) groups is 1. The molecule has 2 rings (SSSR count). The molecule has 1 unspecified atom stereocenters. The average Bonchev–Trinajstić information content (AvgIpc) is 2.74. The van der Waals surface area contributed by atoms with E-state index in [9.17, 15) is 4.79 Å². The zero-order valence-electron chi connectivity index (χ0n) is 14.8. The Morgan fingerprint density at radius 3 is 2.52 bits per heavy atom. The summed E-state index contributed by atoms with van der Waals surface area (Å²) >= 11 is 5.48. The Kier molecular flexibility index (Phi) is 5.68. The molecule has 2 N–H and O–H groups in total. The molecule has 6 heteroatoms. The molecule has 0 aromatic heterocycles. The van der Waals surface area contributed by atoms with Gasteiger partial charge in [0.1, 0.15) is 0 Å². The molecule has 2 aliphatic rings. The summed E-state index contributed by atoms with van der Waals surface area (Å²) in [6.07, 6.45) is 3.59. The van der Waals surface area contributed by atoms with Crippen LogP contribution in [0.4, 0.5) is 0 Å². The Morgan fingerprint density at radius 1 is 1.43 bits per heavy atom. The molecule has 1 amide bonds. The maximum absolute atomic E-state index is 12.7. The molecule has 2 heterocycles. The van der Waals surface area contributed by atoms with E-state index in [0.717, 1.165) is 31.0 Å². The number of rotatable bonds is 4. The van der Waals surface area contributed by atoms with Crippen LogP contribution < -0.4 is 10.6 Å². The predicted molar refractivity (Wildman–Crippen MR) is 98.1 cm³/mol. The van der Waals surface area contributed by atoms with Crippen LogP contribution in [0.2, 0.25) is 0 Å². The van der Waals surface area contributed by atoms with Gasteiger partial charge in [0, 0.05) is 38.5 Å². The predicted octanol–water partition coefficient (Wildman–Crippen LogP) is 1.70. The first kappa shape index (κ1) is 18.2. The van der Waals surface area contributed by atoms with Gasteiger partial charge in [-0.2, -0.15) is 0 Å². The molecule has 0 aromatic carbocycles. The van der Waals surface area contributed by atoms with Crippen LogP contribution >= 0.6 is 12.2 Å². The van der Waals surface area contributed by atoms with E-state index in [-0.39, 0.29) is 23.5 Å². The zero-order chi connectivity index (χ0) is 17.2. The first-order valence-corrected chi connectivity index (χ1v) is 8.97. The molecule has 5 nitrogen and oxygen atoms in total. The fraction of sp³-hybridized carbons (Fsp3) is 0.765. The second-order valence-electron chi connectivity index (χ2n) is 7.23. The third kappa shape index (κ3) is 3.69. The van der Waals surface area contributed by atoms with Crippen LogP contribution in [-0.2, 0) is 4.79 Å². The van der Waals surface area contributed by atoms with Crippen molar-refractivity contribution in [1.29, 1.82) is 0 Å². The van der Waals surface area contributed by atoms with Crippen LogP contribution in [0.25, 0.3) is 0 Å². The normalized spacial score (nSPS) is 23.9. The molecular weight excluding hydrogens is 308 g/mol. The minimum absolute atomic E-state index is 0.0951. The summed E-state index contributed by atoms with van der Waals surface area (Å²) in [7, 11) is 0. The van der Waals surface area contributed by atoms with Crippen LogP contribution in [0, 0.1) is 5.92 Å². The molecule has 23 heavy (non-hydrogen) atoms. The number of piperidine rings is 1. The van der Waals surface area contributed by atoms with Gasteiger partial charge in [0.15, 0.2) is 5.11 Å². The second kappa shape index (κ2) is 7.18. The minimum atomic E-state index is -0.246. The van der Waals surface area contributed by atoms with E-state index in [1.807, 2.05) is 11.0 Å². The first-order valence-electron chi connectivity index (χ1n) is 8.56. The summed E-state index contributed by atoms with van der Waals surface area (Å²) in [4.78, 5) is 16.9. The molecule has 0 aliphatic carbocycles. The Labute approximate surface area is 145 Å². The number of carbonyl (C=O) groups excluding carboxylic acids is 1. The minimum Gasteiger partial charge on any atom is -0.360 e. The Bertz CT molecular complexity index is 469. The fourth-order valence-electron chi connectivity index (χ4n) is 3.49. The topological polar surface area (TPSA) is 47.6 Å². The highest BCUT2D eigenvalue weighted by atomic mass is 32.1. The van der Waals surface area contributed by atoms with Crippen LogP contribution in [0.3, 0.4) is 0 Å². The maximum Gasteiger partial charge on any atom is 0.241 e. The quantitative estimate of drug-likeness (QED) is 0.604.